The molecule has 0 saturated carbocycles. The topological polar surface area (TPSA) is 111 Å². The van der Waals surface area contributed by atoms with Gasteiger partial charge in [-0.05, 0) is 91.6 Å². The standard InChI is InChI=1S/C31H33N4O4PS/c1-22-5-8-27(31(37)34-13-11-25(12-14-34)24-9-6-23(21-32)7-10-24)20-29(22)33-41(38,39)28-4-2-3-26(19-28)30(36)35-15-17-40-18-16-35/h2-10,19-20,25,33,40H,11-18H2,1H3. The number of rotatable bonds is 6. The smallest absolute Gasteiger partial charge is 0.261 e. The molecule has 3 aromatic carbocycles. The van der Waals surface area contributed by atoms with E-state index in [9.17, 15) is 18.0 Å². The lowest BCUT2D eigenvalue weighted by atomic mass is 9.89. The molecule has 0 spiro atoms. The van der Waals surface area contributed by atoms with Crippen LogP contribution >= 0.6 is 8.58 Å². The van der Waals surface area contributed by atoms with Gasteiger partial charge in [0, 0.05) is 37.3 Å². The Balaban J connectivity index is 1.27. The first kappa shape index (κ1) is 28.8. The largest absolute Gasteiger partial charge is 0.339 e. The number of amides is 2. The molecule has 2 aliphatic rings. The quantitative estimate of drug-likeness (QED) is 0.415. The maximum atomic E-state index is 13.4. The number of hydrogen-bond donors (Lipinski definition) is 1. The summed E-state index contributed by atoms with van der Waals surface area (Å²) in [6.45, 7) is 4.36. The summed E-state index contributed by atoms with van der Waals surface area (Å²) >= 11 is 0. The number of piperidine rings is 1. The molecule has 8 nitrogen and oxygen atoms in total. The van der Waals surface area contributed by atoms with Crippen molar-refractivity contribution in [3.8, 4) is 6.07 Å². The van der Waals surface area contributed by atoms with E-state index in [2.05, 4.69) is 10.8 Å². The van der Waals surface area contributed by atoms with Gasteiger partial charge in [-0.15, -0.1) is 8.58 Å². The first-order chi connectivity index (χ1) is 19.7. The number of nitrogens with one attached hydrogen (secondary N) is 1. The molecule has 2 saturated heterocycles. The van der Waals surface area contributed by atoms with E-state index in [1.165, 1.54) is 17.7 Å². The highest BCUT2D eigenvalue weighted by molar-refractivity contribution is 7.92. The maximum absolute atomic E-state index is 13.4. The third-order valence-electron chi connectivity index (χ3n) is 7.82. The van der Waals surface area contributed by atoms with Crippen LogP contribution in [0.25, 0.3) is 0 Å². The minimum atomic E-state index is -4.00. The van der Waals surface area contributed by atoms with Crippen LogP contribution in [0.3, 0.4) is 0 Å². The minimum absolute atomic E-state index is 0.00300. The molecule has 212 valence electrons. The van der Waals surface area contributed by atoms with Crippen LogP contribution in [0.4, 0.5) is 5.69 Å². The van der Waals surface area contributed by atoms with Crippen LogP contribution in [-0.2, 0) is 10.0 Å². The number of hydrogen-bond acceptors (Lipinski definition) is 5. The monoisotopic (exact) mass is 588 g/mol. The van der Waals surface area contributed by atoms with Gasteiger partial charge in [-0.2, -0.15) is 5.26 Å². The summed E-state index contributed by atoms with van der Waals surface area (Å²) in [6.07, 6.45) is 3.59. The second-order valence-electron chi connectivity index (χ2n) is 10.5. The van der Waals surface area contributed by atoms with Crippen LogP contribution in [-0.4, -0.2) is 68.5 Å². The van der Waals surface area contributed by atoms with Crippen molar-refractivity contribution < 1.29 is 18.0 Å². The van der Waals surface area contributed by atoms with Crippen molar-refractivity contribution >= 4 is 36.1 Å². The summed E-state index contributed by atoms with van der Waals surface area (Å²) < 4.78 is 29.3. The highest BCUT2D eigenvalue weighted by Gasteiger charge is 2.26. The summed E-state index contributed by atoms with van der Waals surface area (Å²) in [6, 6.07) is 20.9. The summed E-state index contributed by atoms with van der Waals surface area (Å²) in [5.41, 5.74) is 3.59. The Morgan fingerprint density at radius 3 is 2.17 bits per heavy atom. The van der Waals surface area contributed by atoms with Crippen LogP contribution in [0.5, 0.6) is 0 Å². The van der Waals surface area contributed by atoms with E-state index < -0.39 is 10.0 Å². The van der Waals surface area contributed by atoms with Crippen molar-refractivity contribution in [2.75, 3.05) is 43.2 Å². The number of anilines is 1. The molecule has 2 heterocycles. The van der Waals surface area contributed by atoms with Gasteiger partial charge in [-0.3, -0.25) is 14.3 Å². The van der Waals surface area contributed by atoms with Crippen molar-refractivity contribution in [1.82, 2.24) is 9.80 Å². The molecule has 2 fully saturated rings. The molecule has 0 bridgehead atoms. The van der Waals surface area contributed by atoms with Crippen molar-refractivity contribution in [2.45, 2.75) is 30.6 Å². The van der Waals surface area contributed by atoms with E-state index in [1.54, 1.807) is 47.1 Å². The van der Waals surface area contributed by atoms with Crippen molar-refractivity contribution in [1.29, 1.82) is 5.26 Å². The molecular formula is C31H33N4O4PS. The Hall–Kier alpha value is -3.73. The Bertz CT molecular complexity index is 1590. The van der Waals surface area contributed by atoms with E-state index in [-0.39, 0.29) is 16.7 Å². The van der Waals surface area contributed by atoms with Gasteiger partial charge in [-0.25, -0.2) is 8.42 Å². The normalized spacial score (nSPS) is 16.2. The number of nitrogens with zero attached hydrogens (tertiary/aromatic N) is 3. The fraction of sp³-hybridized carbons (Fsp3) is 0.323. The van der Waals surface area contributed by atoms with E-state index in [4.69, 9.17) is 5.26 Å². The van der Waals surface area contributed by atoms with Crippen LogP contribution < -0.4 is 4.72 Å². The van der Waals surface area contributed by atoms with Crippen LogP contribution in [0, 0.1) is 18.3 Å². The first-order valence-corrected chi connectivity index (χ1v) is 16.7. The van der Waals surface area contributed by atoms with Gasteiger partial charge >= 0.3 is 0 Å². The third kappa shape index (κ3) is 6.61. The molecule has 1 N–H and O–H groups in total. The molecule has 0 aromatic heterocycles. The van der Waals surface area contributed by atoms with Crippen molar-refractivity contribution in [3.63, 3.8) is 0 Å². The molecule has 3 aromatic rings. The van der Waals surface area contributed by atoms with Crippen LogP contribution in [0.15, 0.2) is 71.6 Å². The molecule has 2 amide bonds. The molecule has 2 aliphatic heterocycles. The molecule has 0 atom stereocenters. The second-order valence-corrected chi connectivity index (χ2v) is 13.7. The predicted molar refractivity (Wildman–Crippen MR) is 161 cm³/mol. The summed E-state index contributed by atoms with van der Waals surface area (Å²) in [7, 11) is -3.13. The van der Waals surface area contributed by atoms with Gasteiger partial charge in [0.15, 0.2) is 0 Å². The fourth-order valence-electron chi connectivity index (χ4n) is 5.34. The number of aryl methyl sites for hydroxylation is 1. The number of sulfonamides is 1. The molecular weight excluding hydrogens is 555 g/mol. The number of benzene rings is 3. The molecule has 0 radical (unpaired) electrons. The number of carbonyl (C=O) groups excluding carboxylic acids is 2. The van der Waals surface area contributed by atoms with Gasteiger partial charge in [0.25, 0.3) is 21.8 Å². The van der Waals surface area contributed by atoms with Crippen molar-refractivity contribution in [2.24, 2.45) is 0 Å². The van der Waals surface area contributed by atoms with Crippen LogP contribution in [0.1, 0.15) is 56.2 Å². The first-order valence-electron chi connectivity index (χ1n) is 13.8. The number of likely N-dealkylation sites (tertiary alicyclic amines) is 1. The molecule has 10 heteroatoms. The zero-order chi connectivity index (χ0) is 29.0. The molecule has 0 aliphatic carbocycles. The highest BCUT2D eigenvalue weighted by Crippen LogP contribution is 2.30. The summed E-state index contributed by atoms with van der Waals surface area (Å²) in [5.74, 6) is 0.0295. The lowest BCUT2D eigenvalue weighted by molar-refractivity contribution is 0.0712. The highest BCUT2D eigenvalue weighted by atomic mass is 32.2. The van der Waals surface area contributed by atoms with Crippen molar-refractivity contribution in [3.05, 3.63) is 94.5 Å². The summed E-state index contributed by atoms with van der Waals surface area (Å²) in [5, 5.41) is 9.03. The van der Waals surface area contributed by atoms with Gasteiger partial charge < -0.3 is 9.80 Å². The SMILES string of the molecule is Cc1ccc(C(=O)N2CCC(c3ccc(C#N)cc3)CC2)cc1NS(=O)(=O)c1cccc(C(=O)N2CCPCC2)c1. The van der Waals surface area contributed by atoms with Gasteiger partial charge in [0.1, 0.15) is 0 Å². The van der Waals surface area contributed by atoms with E-state index >= 15 is 0 Å². The zero-order valence-electron chi connectivity index (χ0n) is 23.0. The Labute approximate surface area is 243 Å². The average Bonchev–Trinajstić information content (AvgIpc) is 3.02. The Morgan fingerprint density at radius 1 is 0.878 bits per heavy atom. The zero-order valence-corrected chi connectivity index (χ0v) is 24.8. The van der Waals surface area contributed by atoms with E-state index in [0.29, 0.717) is 60.0 Å². The Morgan fingerprint density at radius 2 is 1.51 bits per heavy atom. The second kappa shape index (κ2) is 12.4. The van der Waals surface area contributed by atoms with Gasteiger partial charge in [0.2, 0.25) is 0 Å². The number of carbonyl (C=O) groups is 2. The van der Waals surface area contributed by atoms with E-state index in [0.717, 1.165) is 33.7 Å². The lowest BCUT2D eigenvalue weighted by Crippen LogP contribution is -2.38. The van der Waals surface area contributed by atoms with Gasteiger partial charge in [0.05, 0.1) is 22.2 Å². The average molecular weight is 589 g/mol. The van der Waals surface area contributed by atoms with Gasteiger partial charge in [-0.1, -0.05) is 24.3 Å². The van der Waals surface area contributed by atoms with Crippen LogP contribution in [0.2, 0.25) is 0 Å². The van der Waals surface area contributed by atoms with E-state index in [1.807, 2.05) is 24.3 Å². The fourth-order valence-corrected chi connectivity index (χ4v) is 7.62. The molecule has 0 unspecified atom stereocenters. The number of nitriles is 1. The maximum Gasteiger partial charge on any atom is 0.261 e. The third-order valence-corrected chi connectivity index (χ3v) is 10.3. The Kier molecular flexibility index (Phi) is 8.72. The minimum Gasteiger partial charge on any atom is -0.339 e. The lowest BCUT2D eigenvalue weighted by Gasteiger charge is -2.32. The molecule has 5 rings (SSSR count). The summed E-state index contributed by atoms with van der Waals surface area (Å²) in [4.78, 5) is 29.9. The predicted octanol–water partition coefficient (Wildman–Crippen LogP) is 4.82. The molecule has 41 heavy (non-hydrogen) atoms.